The number of amides is 1. The first-order chi connectivity index (χ1) is 12.5. The molecule has 1 aliphatic carbocycles. The molecule has 134 valence electrons. The summed E-state index contributed by atoms with van der Waals surface area (Å²) in [7, 11) is 0. The second kappa shape index (κ2) is 6.32. The first-order valence-corrected chi connectivity index (χ1v) is 8.98. The van der Waals surface area contributed by atoms with Crippen LogP contribution >= 0.6 is 11.6 Å². The maximum atomic E-state index is 12.7. The molecule has 0 atom stereocenters. The summed E-state index contributed by atoms with van der Waals surface area (Å²) in [4.78, 5) is 24.0. The highest BCUT2D eigenvalue weighted by Gasteiger charge is 2.49. The molecule has 1 amide bonds. The molecule has 0 saturated heterocycles. The number of carboxylic acids is 1. The van der Waals surface area contributed by atoms with Gasteiger partial charge in [-0.3, -0.25) is 4.79 Å². The maximum absolute atomic E-state index is 12.7. The fraction of sp³-hybridized carbons (Fsp3) is 0.300. The van der Waals surface area contributed by atoms with Crippen molar-refractivity contribution in [1.29, 1.82) is 0 Å². The molecule has 1 heterocycles. The van der Waals surface area contributed by atoms with E-state index < -0.39 is 11.4 Å². The van der Waals surface area contributed by atoms with Gasteiger partial charge in [-0.05, 0) is 61.6 Å². The van der Waals surface area contributed by atoms with E-state index in [-0.39, 0.29) is 17.6 Å². The molecule has 6 heteroatoms. The predicted octanol–water partition coefficient (Wildman–Crippen LogP) is 4.25. The van der Waals surface area contributed by atoms with Crippen molar-refractivity contribution in [1.82, 2.24) is 0 Å². The van der Waals surface area contributed by atoms with Crippen LogP contribution in [-0.4, -0.2) is 23.1 Å². The molecular formula is C20H18ClNO4. The summed E-state index contributed by atoms with van der Waals surface area (Å²) in [6.07, 6.45) is 2.62. The Morgan fingerprint density at radius 2 is 1.92 bits per heavy atom. The zero-order valence-electron chi connectivity index (χ0n) is 14.0. The minimum atomic E-state index is -0.988. The second-order valence-corrected chi connectivity index (χ2v) is 7.26. The van der Waals surface area contributed by atoms with Crippen molar-refractivity contribution >= 4 is 29.2 Å². The SMILES string of the molecule is O=C(O)c1ccc2c(c1)C1(CCC(Oc3ccccc3Cl)CC1)C(=O)N2. The van der Waals surface area contributed by atoms with E-state index in [1.54, 1.807) is 18.2 Å². The van der Waals surface area contributed by atoms with Crippen LogP contribution in [0.1, 0.15) is 41.6 Å². The number of rotatable bonds is 3. The lowest BCUT2D eigenvalue weighted by Crippen LogP contribution is -2.41. The summed E-state index contributed by atoms with van der Waals surface area (Å²) in [5.41, 5.74) is 1.04. The molecule has 26 heavy (non-hydrogen) atoms. The Morgan fingerprint density at radius 1 is 1.19 bits per heavy atom. The molecule has 5 nitrogen and oxygen atoms in total. The zero-order valence-corrected chi connectivity index (χ0v) is 14.8. The van der Waals surface area contributed by atoms with Crippen molar-refractivity contribution in [3.63, 3.8) is 0 Å². The van der Waals surface area contributed by atoms with Crippen LogP contribution in [0.2, 0.25) is 5.02 Å². The van der Waals surface area contributed by atoms with E-state index in [9.17, 15) is 14.7 Å². The minimum Gasteiger partial charge on any atom is -0.489 e. The summed E-state index contributed by atoms with van der Waals surface area (Å²) in [6, 6.07) is 12.2. The minimum absolute atomic E-state index is 0.0139. The molecule has 4 rings (SSSR count). The summed E-state index contributed by atoms with van der Waals surface area (Å²) in [5, 5.41) is 12.7. The van der Waals surface area contributed by atoms with Crippen molar-refractivity contribution in [2.75, 3.05) is 5.32 Å². The van der Waals surface area contributed by atoms with Crippen molar-refractivity contribution in [2.24, 2.45) is 0 Å². The first kappa shape index (κ1) is 16.9. The molecule has 1 fully saturated rings. The zero-order chi connectivity index (χ0) is 18.3. The van der Waals surface area contributed by atoms with Gasteiger partial charge in [-0.15, -0.1) is 0 Å². The molecule has 0 radical (unpaired) electrons. The molecule has 2 aromatic rings. The van der Waals surface area contributed by atoms with E-state index >= 15 is 0 Å². The Labute approximate surface area is 155 Å². The molecule has 1 aliphatic heterocycles. The lowest BCUT2D eigenvalue weighted by atomic mass is 9.69. The second-order valence-electron chi connectivity index (χ2n) is 6.85. The Hall–Kier alpha value is -2.53. The Bertz CT molecular complexity index is 887. The van der Waals surface area contributed by atoms with E-state index in [4.69, 9.17) is 16.3 Å². The van der Waals surface area contributed by atoms with Crippen LogP contribution in [0, 0.1) is 0 Å². The number of anilines is 1. The molecule has 0 bridgehead atoms. The van der Waals surface area contributed by atoms with Gasteiger partial charge >= 0.3 is 5.97 Å². The van der Waals surface area contributed by atoms with Gasteiger partial charge in [0.2, 0.25) is 5.91 Å². The lowest BCUT2D eigenvalue weighted by Gasteiger charge is -2.36. The molecule has 0 unspecified atom stereocenters. The Morgan fingerprint density at radius 3 is 2.62 bits per heavy atom. The molecule has 0 aromatic heterocycles. The predicted molar refractivity (Wildman–Crippen MR) is 98.0 cm³/mol. The molecular weight excluding hydrogens is 354 g/mol. The van der Waals surface area contributed by atoms with Crippen LogP contribution in [0.4, 0.5) is 5.69 Å². The van der Waals surface area contributed by atoms with Crippen LogP contribution in [0.25, 0.3) is 0 Å². The van der Waals surface area contributed by atoms with Gasteiger partial charge in [-0.2, -0.15) is 0 Å². The van der Waals surface area contributed by atoms with Gasteiger partial charge in [0, 0.05) is 5.69 Å². The van der Waals surface area contributed by atoms with Crippen LogP contribution in [0.5, 0.6) is 5.75 Å². The smallest absolute Gasteiger partial charge is 0.335 e. The van der Waals surface area contributed by atoms with Gasteiger partial charge < -0.3 is 15.2 Å². The number of para-hydroxylation sites is 1. The maximum Gasteiger partial charge on any atom is 0.335 e. The van der Waals surface area contributed by atoms with Crippen molar-refractivity contribution < 1.29 is 19.4 Å². The third-order valence-corrected chi connectivity index (χ3v) is 5.69. The van der Waals surface area contributed by atoms with Gasteiger partial charge in [0.25, 0.3) is 0 Å². The van der Waals surface area contributed by atoms with Gasteiger partial charge in [0.15, 0.2) is 0 Å². The van der Waals surface area contributed by atoms with E-state index in [1.165, 1.54) is 6.07 Å². The number of carbonyl (C=O) groups is 2. The van der Waals surface area contributed by atoms with Gasteiger partial charge in [0.1, 0.15) is 5.75 Å². The number of hydrogen-bond donors (Lipinski definition) is 2. The van der Waals surface area contributed by atoms with E-state index in [0.29, 0.717) is 42.1 Å². The lowest BCUT2D eigenvalue weighted by molar-refractivity contribution is -0.122. The largest absolute Gasteiger partial charge is 0.489 e. The average Bonchev–Trinajstić information content (AvgIpc) is 2.90. The van der Waals surface area contributed by atoms with Crippen LogP contribution < -0.4 is 10.1 Å². The fourth-order valence-electron chi connectivity index (χ4n) is 3.96. The molecule has 2 aliphatic rings. The molecule has 1 saturated carbocycles. The van der Waals surface area contributed by atoms with Crippen LogP contribution in [-0.2, 0) is 10.2 Å². The normalized spacial score (nSPS) is 24.2. The van der Waals surface area contributed by atoms with Crippen LogP contribution in [0.15, 0.2) is 42.5 Å². The topological polar surface area (TPSA) is 75.6 Å². The molecule has 2 aromatic carbocycles. The van der Waals surface area contributed by atoms with E-state index in [0.717, 1.165) is 5.56 Å². The van der Waals surface area contributed by atoms with Crippen molar-refractivity contribution in [3.05, 3.63) is 58.6 Å². The first-order valence-electron chi connectivity index (χ1n) is 8.60. The Kier molecular flexibility index (Phi) is 4.11. The number of carbonyl (C=O) groups excluding carboxylic acids is 1. The monoisotopic (exact) mass is 371 g/mol. The quantitative estimate of drug-likeness (QED) is 0.845. The number of halogens is 1. The van der Waals surface area contributed by atoms with Crippen molar-refractivity contribution in [2.45, 2.75) is 37.2 Å². The van der Waals surface area contributed by atoms with Crippen molar-refractivity contribution in [3.8, 4) is 5.75 Å². The number of nitrogens with one attached hydrogen (secondary N) is 1. The highest BCUT2D eigenvalue weighted by atomic mass is 35.5. The summed E-state index contributed by atoms with van der Waals surface area (Å²) in [6.45, 7) is 0. The number of hydrogen-bond acceptors (Lipinski definition) is 3. The number of ether oxygens (including phenoxy) is 1. The summed E-state index contributed by atoms with van der Waals surface area (Å²) in [5.74, 6) is -0.385. The highest BCUT2D eigenvalue weighted by molar-refractivity contribution is 6.32. The summed E-state index contributed by atoms with van der Waals surface area (Å²) < 4.78 is 6.02. The third kappa shape index (κ3) is 2.72. The van der Waals surface area contributed by atoms with Gasteiger partial charge in [-0.25, -0.2) is 4.79 Å². The fourth-order valence-corrected chi connectivity index (χ4v) is 4.14. The number of carboxylic acid groups (broad SMARTS) is 1. The number of aromatic carboxylic acids is 1. The highest BCUT2D eigenvalue weighted by Crippen LogP contribution is 2.48. The molecule has 1 spiro atoms. The Balaban J connectivity index is 1.55. The van der Waals surface area contributed by atoms with Gasteiger partial charge in [-0.1, -0.05) is 23.7 Å². The third-order valence-electron chi connectivity index (χ3n) is 5.38. The molecule has 2 N–H and O–H groups in total. The average molecular weight is 372 g/mol. The van der Waals surface area contributed by atoms with Crippen LogP contribution in [0.3, 0.4) is 0 Å². The standard InChI is InChI=1S/C20H18ClNO4/c21-15-3-1-2-4-17(15)26-13-7-9-20(10-8-13)14-11-12(18(23)24)5-6-16(14)22-19(20)25/h1-6,11,13H,7-10H2,(H,22,25)(H,23,24). The summed E-state index contributed by atoms with van der Waals surface area (Å²) >= 11 is 6.16. The van der Waals surface area contributed by atoms with E-state index in [2.05, 4.69) is 5.32 Å². The van der Waals surface area contributed by atoms with E-state index in [1.807, 2.05) is 18.2 Å². The van der Waals surface area contributed by atoms with Gasteiger partial charge in [0.05, 0.1) is 22.1 Å². The number of benzene rings is 2. The number of fused-ring (bicyclic) bond motifs is 2.